The summed E-state index contributed by atoms with van der Waals surface area (Å²) in [6.07, 6.45) is 1.71. The molecule has 11 heteroatoms. The van der Waals surface area contributed by atoms with Crippen molar-refractivity contribution in [2.24, 2.45) is 0 Å². The average molecular weight is 463 g/mol. The minimum Gasteiger partial charge on any atom is -0.384 e. The predicted octanol–water partition coefficient (Wildman–Crippen LogP) is 1.90. The van der Waals surface area contributed by atoms with E-state index >= 15 is 0 Å². The van der Waals surface area contributed by atoms with E-state index in [-0.39, 0.29) is 11.9 Å². The Morgan fingerprint density at radius 3 is 2.59 bits per heavy atom. The number of fused-ring (bicyclic) bond motifs is 1. The maximum atomic E-state index is 13.4. The highest BCUT2D eigenvalue weighted by Gasteiger charge is 2.26. The molecule has 0 unspecified atom stereocenters. The maximum absolute atomic E-state index is 13.4. The molecule has 11 nitrogen and oxygen atoms in total. The number of hydrogen-bond acceptors (Lipinski definition) is 7. The number of nitrogens with one attached hydrogen (secondary N) is 2. The normalized spacial score (nSPS) is 15.2. The van der Waals surface area contributed by atoms with Crippen LogP contribution in [0.5, 0.6) is 0 Å². The van der Waals surface area contributed by atoms with Gasteiger partial charge in [-0.1, -0.05) is 0 Å². The van der Waals surface area contributed by atoms with Crippen LogP contribution >= 0.6 is 0 Å². The Balaban J connectivity index is 1.53. The van der Waals surface area contributed by atoms with Crippen molar-refractivity contribution in [2.75, 3.05) is 55.8 Å². The molecular formula is C23H26N8O3. The molecule has 0 aliphatic carbocycles. The molecule has 176 valence electrons. The Morgan fingerprint density at radius 1 is 1.03 bits per heavy atom. The third kappa shape index (κ3) is 4.25. The molecule has 0 spiro atoms. The van der Waals surface area contributed by atoms with Crippen LogP contribution in [-0.4, -0.2) is 71.5 Å². The highest BCUT2D eigenvalue weighted by atomic mass is 16.5. The van der Waals surface area contributed by atoms with Gasteiger partial charge >= 0.3 is 6.03 Å². The number of hydrogen-bond donors (Lipinski definition) is 3. The minimum atomic E-state index is -0.334. The number of urea groups is 1. The molecule has 4 heterocycles. The second-order valence-electron chi connectivity index (χ2n) is 8.11. The Morgan fingerprint density at radius 2 is 1.85 bits per heavy atom. The number of carbonyl (C=O) groups excluding carboxylic acids is 2. The lowest BCUT2D eigenvalue weighted by molar-refractivity contribution is 0.0303. The zero-order chi connectivity index (χ0) is 23.7. The number of nitrogens with zero attached hydrogens (tertiary/aromatic N) is 5. The molecule has 3 aromatic rings. The van der Waals surface area contributed by atoms with Gasteiger partial charge in [0.15, 0.2) is 5.82 Å². The van der Waals surface area contributed by atoms with Crippen molar-refractivity contribution in [1.82, 2.24) is 25.0 Å². The van der Waals surface area contributed by atoms with Crippen LogP contribution in [0.15, 0.2) is 42.6 Å². The summed E-state index contributed by atoms with van der Waals surface area (Å²) in [7, 11) is 1.55. The number of carbonyl (C=O) groups is 2. The molecule has 0 atom stereocenters. The van der Waals surface area contributed by atoms with Crippen molar-refractivity contribution < 1.29 is 14.3 Å². The molecule has 1 saturated heterocycles. The van der Waals surface area contributed by atoms with E-state index in [9.17, 15) is 9.59 Å². The largest absolute Gasteiger partial charge is 0.384 e. The quantitative estimate of drug-likeness (QED) is 0.540. The number of aromatic nitrogens is 3. The molecule has 3 amide bonds. The third-order valence-electron chi connectivity index (χ3n) is 5.93. The minimum absolute atomic E-state index is 0.0375. The molecule has 1 aromatic carbocycles. The first-order valence-electron chi connectivity index (χ1n) is 11.1. The fraction of sp³-hybridized carbons (Fsp3) is 0.304. The van der Waals surface area contributed by atoms with Crippen molar-refractivity contribution in [3.63, 3.8) is 0 Å². The van der Waals surface area contributed by atoms with Gasteiger partial charge in [0.1, 0.15) is 11.6 Å². The van der Waals surface area contributed by atoms with Gasteiger partial charge in [-0.05, 0) is 35.9 Å². The van der Waals surface area contributed by atoms with E-state index in [1.165, 1.54) is 0 Å². The SMILES string of the molecule is CNC(=O)Nc1cc2n(n1)CCN2c1cc(C(=O)N2CCOCC2)cc(-c2ccc(N)nc2)c1. The van der Waals surface area contributed by atoms with E-state index in [0.717, 1.165) is 22.6 Å². The number of nitrogens with two attached hydrogens (primary N) is 1. The topological polar surface area (TPSA) is 131 Å². The summed E-state index contributed by atoms with van der Waals surface area (Å²) in [6.45, 7) is 3.54. The van der Waals surface area contributed by atoms with Crippen molar-refractivity contribution in [1.29, 1.82) is 0 Å². The molecule has 2 aromatic heterocycles. The van der Waals surface area contributed by atoms with Gasteiger partial charge in [-0.3, -0.25) is 10.1 Å². The molecule has 5 rings (SSSR count). The first-order chi connectivity index (χ1) is 16.5. The highest BCUT2D eigenvalue weighted by molar-refractivity contribution is 5.97. The van der Waals surface area contributed by atoms with Gasteiger partial charge in [-0.25, -0.2) is 14.5 Å². The van der Waals surface area contributed by atoms with E-state index in [2.05, 4.69) is 25.6 Å². The number of pyridine rings is 1. The summed E-state index contributed by atoms with van der Waals surface area (Å²) < 4.78 is 7.25. The molecule has 4 N–H and O–H groups in total. The molecule has 0 bridgehead atoms. The summed E-state index contributed by atoms with van der Waals surface area (Å²) in [5.74, 6) is 1.69. The van der Waals surface area contributed by atoms with Crippen molar-refractivity contribution in [2.45, 2.75) is 6.54 Å². The number of nitrogen functional groups attached to an aromatic ring is 1. The summed E-state index contributed by atoms with van der Waals surface area (Å²) in [5.41, 5.74) is 8.95. The van der Waals surface area contributed by atoms with Crippen LogP contribution in [0.1, 0.15) is 10.4 Å². The van der Waals surface area contributed by atoms with Gasteiger partial charge in [-0.2, -0.15) is 5.10 Å². The van der Waals surface area contributed by atoms with E-state index in [0.29, 0.717) is 56.6 Å². The number of rotatable bonds is 4. The first kappa shape index (κ1) is 21.7. The van der Waals surface area contributed by atoms with Crippen LogP contribution in [0, 0.1) is 0 Å². The molecule has 1 fully saturated rings. The molecule has 2 aliphatic heterocycles. The number of amides is 3. The number of ether oxygens (including phenoxy) is 1. The standard InChI is InChI=1S/C23H26N8O3/c1-25-23(33)27-20-13-21-30(4-5-31(21)28-20)18-11-16(15-2-3-19(24)26-14-15)10-17(12-18)22(32)29-6-8-34-9-7-29/h2-3,10-14H,4-9H2,1H3,(H2,24,26)(H2,25,27,28,33). The van der Waals surface area contributed by atoms with Gasteiger partial charge in [0.05, 0.1) is 19.8 Å². The number of anilines is 4. The highest BCUT2D eigenvalue weighted by Crippen LogP contribution is 2.35. The average Bonchev–Trinajstić information content (AvgIpc) is 3.44. The van der Waals surface area contributed by atoms with Gasteiger partial charge in [-0.15, -0.1) is 0 Å². The maximum Gasteiger partial charge on any atom is 0.320 e. The van der Waals surface area contributed by atoms with Crippen molar-refractivity contribution in [3.8, 4) is 11.1 Å². The van der Waals surface area contributed by atoms with Gasteiger partial charge < -0.3 is 25.6 Å². The number of benzene rings is 1. The second kappa shape index (κ2) is 9.02. The van der Waals surface area contributed by atoms with E-state index in [4.69, 9.17) is 10.5 Å². The first-order valence-corrected chi connectivity index (χ1v) is 11.1. The molecular weight excluding hydrogens is 436 g/mol. The molecule has 34 heavy (non-hydrogen) atoms. The Labute approximate surface area is 196 Å². The van der Waals surface area contributed by atoms with Crippen molar-refractivity contribution in [3.05, 3.63) is 48.2 Å². The summed E-state index contributed by atoms with van der Waals surface area (Å²) in [6, 6.07) is 10.9. The molecule has 2 aliphatic rings. The third-order valence-corrected chi connectivity index (χ3v) is 5.93. The Bertz CT molecular complexity index is 1220. The predicted molar refractivity (Wildman–Crippen MR) is 128 cm³/mol. The van der Waals surface area contributed by atoms with Gasteiger partial charge in [0.25, 0.3) is 5.91 Å². The smallest absolute Gasteiger partial charge is 0.320 e. The van der Waals surface area contributed by atoms with Crippen LogP contribution in [0.25, 0.3) is 11.1 Å². The van der Waals surface area contributed by atoms with E-state index in [1.54, 1.807) is 19.3 Å². The van der Waals surface area contributed by atoms with Crippen molar-refractivity contribution >= 4 is 35.1 Å². The van der Waals surface area contributed by atoms with Crippen LogP contribution < -0.4 is 21.3 Å². The fourth-order valence-corrected chi connectivity index (χ4v) is 4.18. The fourth-order valence-electron chi connectivity index (χ4n) is 4.18. The molecule has 0 radical (unpaired) electrons. The van der Waals surface area contributed by atoms with Crippen LogP contribution in [0.4, 0.5) is 27.9 Å². The lowest BCUT2D eigenvalue weighted by Crippen LogP contribution is -2.40. The molecule has 0 saturated carbocycles. The van der Waals surface area contributed by atoms with Crippen LogP contribution in [-0.2, 0) is 11.3 Å². The van der Waals surface area contributed by atoms with Crippen LogP contribution in [0.3, 0.4) is 0 Å². The summed E-state index contributed by atoms with van der Waals surface area (Å²) in [4.78, 5) is 33.2. The van der Waals surface area contributed by atoms with Gasteiger partial charge in [0.2, 0.25) is 0 Å². The summed E-state index contributed by atoms with van der Waals surface area (Å²) in [5, 5.41) is 9.70. The van der Waals surface area contributed by atoms with E-state index < -0.39 is 0 Å². The zero-order valence-corrected chi connectivity index (χ0v) is 18.8. The van der Waals surface area contributed by atoms with E-state index in [1.807, 2.05) is 39.9 Å². The van der Waals surface area contributed by atoms with Gasteiger partial charge in [0, 0.05) is 55.8 Å². The zero-order valence-electron chi connectivity index (χ0n) is 18.8. The Hall–Kier alpha value is -4.12. The monoisotopic (exact) mass is 462 g/mol. The lowest BCUT2D eigenvalue weighted by Gasteiger charge is -2.27. The lowest BCUT2D eigenvalue weighted by atomic mass is 10.0. The summed E-state index contributed by atoms with van der Waals surface area (Å²) >= 11 is 0. The second-order valence-corrected chi connectivity index (χ2v) is 8.11. The Kier molecular flexibility index (Phi) is 5.76. The van der Waals surface area contributed by atoms with Crippen LogP contribution in [0.2, 0.25) is 0 Å². The number of morpholine rings is 1.